The molecule has 0 aromatic carbocycles. The third-order valence-corrected chi connectivity index (χ3v) is 3.37. The highest BCUT2D eigenvalue weighted by Crippen LogP contribution is 2.30. The van der Waals surface area contributed by atoms with Crippen LogP contribution >= 0.6 is 11.6 Å². The fraction of sp³-hybridized carbons (Fsp3) is 0.583. The summed E-state index contributed by atoms with van der Waals surface area (Å²) in [6, 6.07) is 0.303. The van der Waals surface area contributed by atoms with Crippen LogP contribution in [-0.2, 0) is 0 Å². The molecule has 1 fully saturated rings. The van der Waals surface area contributed by atoms with E-state index < -0.39 is 0 Å². The van der Waals surface area contributed by atoms with Crippen molar-refractivity contribution in [2.45, 2.75) is 32.7 Å². The first-order valence-electron chi connectivity index (χ1n) is 6.29. The summed E-state index contributed by atoms with van der Waals surface area (Å²) < 4.78 is 2.01. The fourth-order valence-corrected chi connectivity index (χ4v) is 2.12. The quantitative estimate of drug-likeness (QED) is 0.864. The zero-order valence-corrected chi connectivity index (χ0v) is 11.3. The highest BCUT2D eigenvalue weighted by Gasteiger charge is 2.22. The monoisotopic (exact) mass is 265 g/mol. The van der Waals surface area contributed by atoms with Gasteiger partial charge in [0.2, 0.25) is 5.28 Å². The van der Waals surface area contributed by atoms with Crippen LogP contribution in [0, 0.1) is 5.92 Å². The molecule has 1 aliphatic carbocycles. The normalized spacial score (nSPS) is 15.6. The molecule has 0 bridgehead atoms. The Morgan fingerprint density at radius 3 is 2.89 bits per heavy atom. The Labute approximate surface area is 111 Å². The molecular weight excluding hydrogens is 250 g/mol. The Bertz CT molecular complexity index is 573. The van der Waals surface area contributed by atoms with Crippen LogP contribution < -0.4 is 5.32 Å². The van der Waals surface area contributed by atoms with Crippen molar-refractivity contribution in [1.29, 1.82) is 0 Å². The lowest BCUT2D eigenvalue weighted by atomic mass is 10.4. The molecule has 2 aromatic heterocycles. The van der Waals surface area contributed by atoms with Crippen molar-refractivity contribution in [1.82, 2.24) is 19.5 Å². The maximum absolute atomic E-state index is 5.99. The molecule has 1 aliphatic rings. The molecule has 0 amide bonds. The predicted octanol–water partition coefficient (Wildman–Crippen LogP) is 2.88. The molecule has 3 rings (SSSR count). The van der Waals surface area contributed by atoms with Gasteiger partial charge in [0.1, 0.15) is 0 Å². The lowest BCUT2D eigenvalue weighted by Crippen LogP contribution is -2.07. The molecule has 6 heteroatoms. The highest BCUT2D eigenvalue weighted by molar-refractivity contribution is 6.28. The number of nitrogens with zero attached hydrogens (tertiary/aromatic N) is 4. The SMILES string of the molecule is CC(C)n1cnc2c(NCC3CC3)nc(Cl)nc21. The number of hydrogen-bond donors (Lipinski definition) is 1. The van der Waals surface area contributed by atoms with Gasteiger partial charge in [-0.25, -0.2) is 4.98 Å². The third kappa shape index (κ3) is 2.14. The summed E-state index contributed by atoms with van der Waals surface area (Å²) in [4.78, 5) is 12.9. The Balaban J connectivity index is 2.01. The largest absolute Gasteiger partial charge is 0.368 e. The standard InChI is InChI=1S/C12H16ClN5/c1-7(2)18-6-15-9-10(14-5-8-3-4-8)16-12(13)17-11(9)18/h6-8H,3-5H2,1-2H3,(H,14,16,17). The minimum atomic E-state index is 0.267. The van der Waals surface area contributed by atoms with Crippen LogP contribution in [0.5, 0.6) is 0 Å². The van der Waals surface area contributed by atoms with Crippen LogP contribution in [0.25, 0.3) is 11.2 Å². The second kappa shape index (κ2) is 4.39. The van der Waals surface area contributed by atoms with E-state index >= 15 is 0 Å². The van der Waals surface area contributed by atoms with Crippen molar-refractivity contribution in [2.75, 3.05) is 11.9 Å². The van der Waals surface area contributed by atoms with Gasteiger partial charge in [0.25, 0.3) is 0 Å². The number of aromatic nitrogens is 4. The lowest BCUT2D eigenvalue weighted by Gasteiger charge is -2.09. The van der Waals surface area contributed by atoms with Crippen LogP contribution in [0.15, 0.2) is 6.33 Å². The molecule has 0 spiro atoms. The number of anilines is 1. The van der Waals surface area contributed by atoms with Gasteiger partial charge in [-0.15, -0.1) is 0 Å². The molecule has 0 radical (unpaired) electrons. The van der Waals surface area contributed by atoms with E-state index in [2.05, 4.69) is 34.1 Å². The van der Waals surface area contributed by atoms with Crippen molar-refractivity contribution in [3.8, 4) is 0 Å². The molecule has 0 aliphatic heterocycles. The lowest BCUT2D eigenvalue weighted by molar-refractivity contribution is 0.612. The Morgan fingerprint density at radius 2 is 2.22 bits per heavy atom. The van der Waals surface area contributed by atoms with Crippen LogP contribution in [0.4, 0.5) is 5.82 Å². The molecule has 1 N–H and O–H groups in total. The first kappa shape index (κ1) is 11.7. The van der Waals surface area contributed by atoms with Gasteiger partial charge in [-0.2, -0.15) is 9.97 Å². The van der Waals surface area contributed by atoms with Crippen molar-refractivity contribution in [3.63, 3.8) is 0 Å². The van der Waals surface area contributed by atoms with E-state index in [1.807, 2.05) is 4.57 Å². The summed E-state index contributed by atoms with van der Waals surface area (Å²) in [7, 11) is 0. The molecule has 5 nitrogen and oxygen atoms in total. The van der Waals surface area contributed by atoms with Gasteiger partial charge in [0, 0.05) is 12.6 Å². The molecule has 96 valence electrons. The van der Waals surface area contributed by atoms with E-state index in [1.165, 1.54) is 12.8 Å². The van der Waals surface area contributed by atoms with E-state index in [1.54, 1.807) is 6.33 Å². The predicted molar refractivity (Wildman–Crippen MR) is 71.9 cm³/mol. The Kier molecular flexibility index (Phi) is 2.86. The average molecular weight is 266 g/mol. The van der Waals surface area contributed by atoms with Crippen LogP contribution in [0.2, 0.25) is 5.28 Å². The minimum Gasteiger partial charge on any atom is -0.368 e. The second-order valence-electron chi connectivity index (χ2n) is 5.08. The molecule has 0 atom stereocenters. The number of rotatable bonds is 4. The van der Waals surface area contributed by atoms with Crippen molar-refractivity contribution >= 4 is 28.6 Å². The third-order valence-electron chi connectivity index (χ3n) is 3.21. The summed E-state index contributed by atoms with van der Waals surface area (Å²) in [5.74, 6) is 1.53. The van der Waals surface area contributed by atoms with Gasteiger partial charge in [-0.05, 0) is 44.2 Å². The number of hydrogen-bond acceptors (Lipinski definition) is 4. The fourth-order valence-electron chi connectivity index (χ4n) is 1.95. The van der Waals surface area contributed by atoms with Gasteiger partial charge >= 0.3 is 0 Å². The van der Waals surface area contributed by atoms with Crippen molar-refractivity contribution < 1.29 is 0 Å². The Morgan fingerprint density at radius 1 is 1.44 bits per heavy atom. The zero-order chi connectivity index (χ0) is 12.7. The first-order valence-corrected chi connectivity index (χ1v) is 6.67. The van der Waals surface area contributed by atoms with Gasteiger partial charge in [0.05, 0.1) is 6.33 Å². The molecular formula is C12H16ClN5. The second-order valence-corrected chi connectivity index (χ2v) is 5.42. The van der Waals surface area contributed by atoms with Crippen molar-refractivity contribution in [3.05, 3.63) is 11.6 Å². The topological polar surface area (TPSA) is 55.6 Å². The smallest absolute Gasteiger partial charge is 0.226 e. The number of fused-ring (bicyclic) bond motifs is 1. The Hall–Kier alpha value is -1.36. The van der Waals surface area contributed by atoms with Gasteiger partial charge < -0.3 is 9.88 Å². The van der Waals surface area contributed by atoms with Gasteiger partial charge in [-0.1, -0.05) is 0 Å². The van der Waals surface area contributed by atoms with Crippen LogP contribution in [-0.4, -0.2) is 26.1 Å². The maximum Gasteiger partial charge on any atom is 0.226 e. The number of halogens is 1. The zero-order valence-electron chi connectivity index (χ0n) is 10.5. The van der Waals surface area contributed by atoms with E-state index in [0.717, 1.165) is 29.4 Å². The summed E-state index contributed by atoms with van der Waals surface area (Å²) >= 11 is 5.99. The van der Waals surface area contributed by atoms with Crippen LogP contribution in [0.1, 0.15) is 32.7 Å². The van der Waals surface area contributed by atoms with E-state index in [4.69, 9.17) is 11.6 Å². The summed E-state index contributed by atoms with van der Waals surface area (Å²) in [5.41, 5.74) is 1.59. The molecule has 2 heterocycles. The van der Waals surface area contributed by atoms with E-state index in [-0.39, 0.29) is 5.28 Å². The van der Waals surface area contributed by atoms with E-state index in [9.17, 15) is 0 Å². The summed E-state index contributed by atoms with van der Waals surface area (Å²) in [6.07, 6.45) is 4.40. The first-order chi connectivity index (χ1) is 8.65. The highest BCUT2D eigenvalue weighted by atomic mass is 35.5. The number of imidazole rings is 1. The van der Waals surface area contributed by atoms with Crippen molar-refractivity contribution in [2.24, 2.45) is 5.92 Å². The molecule has 0 saturated heterocycles. The molecule has 18 heavy (non-hydrogen) atoms. The van der Waals surface area contributed by atoms with Crippen LogP contribution in [0.3, 0.4) is 0 Å². The average Bonchev–Trinajstić information content (AvgIpc) is 3.04. The molecule has 0 unspecified atom stereocenters. The molecule has 1 saturated carbocycles. The van der Waals surface area contributed by atoms with E-state index in [0.29, 0.717) is 6.04 Å². The summed E-state index contributed by atoms with van der Waals surface area (Å²) in [5, 5.41) is 3.60. The van der Waals surface area contributed by atoms with Gasteiger partial charge in [0.15, 0.2) is 17.0 Å². The summed E-state index contributed by atoms with van der Waals surface area (Å²) in [6.45, 7) is 5.12. The minimum absolute atomic E-state index is 0.267. The number of nitrogens with one attached hydrogen (secondary N) is 1. The van der Waals surface area contributed by atoms with Gasteiger partial charge in [-0.3, -0.25) is 0 Å². The maximum atomic E-state index is 5.99. The molecule has 2 aromatic rings.